The number of non-ortho nitro benzene ring substituents is 1. The van der Waals surface area contributed by atoms with Gasteiger partial charge in [-0.25, -0.2) is 9.79 Å². The summed E-state index contributed by atoms with van der Waals surface area (Å²) in [4.78, 5) is 45.1. The number of carbonyl (C=O) groups is 1. The van der Waals surface area contributed by atoms with Crippen LogP contribution in [0.15, 0.2) is 69.6 Å². The minimum atomic E-state index is -0.693. The Bertz CT molecular complexity index is 1580. The molecule has 0 radical (unpaired) electrons. The molecular weight excluding hydrogens is 492 g/mol. The fourth-order valence-corrected chi connectivity index (χ4v) is 5.94. The van der Waals surface area contributed by atoms with Gasteiger partial charge in [-0.2, -0.15) is 0 Å². The largest absolute Gasteiger partial charge is 0.463 e. The number of benzene rings is 2. The fraction of sp³-hybridized carbons (Fsp3) is 0.296. The first-order valence-electron chi connectivity index (χ1n) is 12.2. The molecule has 3 heterocycles. The minimum absolute atomic E-state index is 0.0374. The van der Waals surface area contributed by atoms with Crippen molar-refractivity contribution in [2.75, 3.05) is 24.6 Å². The third kappa shape index (κ3) is 4.60. The van der Waals surface area contributed by atoms with Crippen LogP contribution in [-0.2, 0) is 9.53 Å². The van der Waals surface area contributed by atoms with Crippen LogP contribution in [0.5, 0.6) is 0 Å². The number of esters is 1. The molecule has 1 atom stereocenters. The number of anilines is 1. The molecule has 0 amide bonds. The molecule has 190 valence electrons. The Labute approximate surface area is 216 Å². The van der Waals surface area contributed by atoms with Crippen LogP contribution in [0.3, 0.4) is 0 Å². The van der Waals surface area contributed by atoms with E-state index >= 15 is 0 Å². The van der Waals surface area contributed by atoms with E-state index in [1.807, 2.05) is 30.3 Å². The van der Waals surface area contributed by atoms with E-state index in [4.69, 9.17) is 4.74 Å². The molecular formula is C27H26N4O5S. The monoisotopic (exact) mass is 518 g/mol. The van der Waals surface area contributed by atoms with Gasteiger partial charge < -0.3 is 9.64 Å². The van der Waals surface area contributed by atoms with Gasteiger partial charge in [0.1, 0.15) is 0 Å². The molecule has 3 aromatic rings. The lowest BCUT2D eigenvalue weighted by Gasteiger charge is -2.24. The minimum Gasteiger partial charge on any atom is -0.463 e. The van der Waals surface area contributed by atoms with Gasteiger partial charge in [-0.15, -0.1) is 0 Å². The second-order valence-corrected chi connectivity index (χ2v) is 9.92. The number of hydrogen-bond acceptors (Lipinski definition) is 8. The molecule has 0 N–H and O–H groups in total. The van der Waals surface area contributed by atoms with Gasteiger partial charge >= 0.3 is 5.97 Å². The van der Waals surface area contributed by atoms with E-state index in [9.17, 15) is 19.7 Å². The SMILES string of the molecule is CCOC(=O)C1=C(C)N=c2s/c(=C/c3cc([N+](=O)[O-])ccc3N3CCCC3)c(=O)n2C1c1ccccc1. The molecule has 0 bridgehead atoms. The highest BCUT2D eigenvalue weighted by Crippen LogP contribution is 2.31. The molecule has 1 fully saturated rings. The summed E-state index contributed by atoms with van der Waals surface area (Å²) < 4.78 is 7.24. The van der Waals surface area contributed by atoms with E-state index in [-0.39, 0.29) is 17.9 Å². The Morgan fingerprint density at radius 3 is 2.62 bits per heavy atom. The van der Waals surface area contributed by atoms with Crippen molar-refractivity contribution in [3.05, 3.63) is 101 Å². The molecule has 5 rings (SSSR count). The number of ether oxygens (including phenoxy) is 1. The van der Waals surface area contributed by atoms with Crippen LogP contribution in [0.2, 0.25) is 0 Å². The third-order valence-corrected chi connectivity index (χ3v) is 7.57. The van der Waals surface area contributed by atoms with E-state index in [0.29, 0.717) is 26.2 Å². The molecule has 0 aliphatic carbocycles. The molecule has 0 spiro atoms. The van der Waals surface area contributed by atoms with Gasteiger partial charge in [-0.3, -0.25) is 19.5 Å². The zero-order valence-corrected chi connectivity index (χ0v) is 21.4. The lowest BCUT2D eigenvalue weighted by atomic mass is 9.96. The summed E-state index contributed by atoms with van der Waals surface area (Å²) in [5.41, 5.74) is 2.69. The Balaban J connectivity index is 1.72. The Morgan fingerprint density at radius 1 is 1.22 bits per heavy atom. The van der Waals surface area contributed by atoms with Gasteiger partial charge in [-0.05, 0) is 44.4 Å². The fourth-order valence-electron chi connectivity index (χ4n) is 4.90. The van der Waals surface area contributed by atoms with E-state index in [0.717, 1.165) is 37.2 Å². The summed E-state index contributed by atoms with van der Waals surface area (Å²) in [6.45, 7) is 5.39. The lowest BCUT2D eigenvalue weighted by molar-refractivity contribution is -0.384. The second kappa shape index (κ2) is 10.1. The van der Waals surface area contributed by atoms with Gasteiger partial charge in [0, 0.05) is 36.5 Å². The number of carbonyl (C=O) groups excluding carboxylic acids is 1. The molecule has 37 heavy (non-hydrogen) atoms. The summed E-state index contributed by atoms with van der Waals surface area (Å²) in [5, 5.41) is 11.5. The van der Waals surface area contributed by atoms with Crippen molar-refractivity contribution < 1.29 is 14.5 Å². The van der Waals surface area contributed by atoms with Crippen LogP contribution in [0.1, 0.15) is 43.9 Å². The number of hydrogen-bond donors (Lipinski definition) is 0. The summed E-state index contributed by atoms with van der Waals surface area (Å²) in [7, 11) is 0. The van der Waals surface area contributed by atoms with Crippen LogP contribution < -0.4 is 19.8 Å². The number of allylic oxidation sites excluding steroid dienone is 1. The van der Waals surface area contributed by atoms with Crippen molar-refractivity contribution in [1.82, 2.24) is 4.57 Å². The number of nitro groups is 1. The van der Waals surface area contributed by atoms with E-state index < -0.39 is 16.9 Å². The van der Waals surface area contributed by atoms with E-state index in [1.54, 1.807) is 26.0 Å². The first-order valence-corrected chi connectivity index (χ1v) is 13.0. The van der Waals surface area contributed by atoms with Gasteiger partial charge in [0.05, 0.1) is 33.4 Å². The molecule has 2 aliphatic rings. The Morgan fingerprint density at radius 2 is 1.95 bits per heavy atom. The number of nitro benzene ring substituents is 1. The molecule has 1 saturated heterocycles. The lowest BCUT2D eigenvalue weighted by Crippen LogP contribution is -2.39. The third-order valence-electron chi connectivity index (χ3n) is 6.59. The molecule has 10 heteroatoms. The number of fused-ring (bicyclic) bond motifs is 1. The number of thiazole rings is 1. The van der Waals surface area contributed by atoms with Crippen LogP contribution in [-0.4, -0.2) is 35.2 Å². The Hall–Kier alpha value is -4.05. The van der Waals surface area contributed by atoms with Crippen LogP contribution in [0.25, 0.3) is 6.08 Å². The van der Waals surface area contributed by atoms with Crippen molar-refractivity contribution in [3.8, 4) is 0 Å². The highest BCUT2D eigenvalue weighted by Gasteiger charge is 2.33. The standard InChI is InChI=1S/C27H26N4O5S/c1-3-36-26(33)23-17(2)28-27-30(24(23)18-9-5-4-6-10-18)25(32)22(37-27)16-19-15-20(31(34)35)11-12-21(19)29-13-7-8-14-29/h4-6,9-12,15-16,24H,3,7-8,13-14H2,1-2H3/b22-16+. The van der Waals surface area contributed by atoms with Gasteiger partial charge in [0.25, 0.3) is 11.2 Å². The van der Waals surface area contributed by atoms with Gasteiger partial charge in [0.15, 0.2) is 4.80 Å². The van der Waals surface area contributed by atoms with Crippen molar-refractivity contribution in [2.24, 2.45) is 4.99 Å². The quantitative estimate of drug-likeness (QED) is 0.282. The van der Waals surface area contributed by atoms with Crippen molar-refractivity contribution >= 4 is 34.8 Å². The molecule has 2 aliphatic heterocycles. The van der Waals surface area contributed by atoms with Crippen LogP contribution in [0.4, 0.5) is 11.4 Å². The predicted molar refractivity (Wildman–Crippen MR) is 141 cm³/mol. The van der Waals surface area contributed by atoms with E-state index in [2.05, 4.69) is 9.89 Å². The number of rotatable bonds is 6. The van der Waals surface area contributed by atoms with Crippen molar-refractivity contribution in [3.63, 3.8) is 0 Å². The molecule has 2 aromatic carbocycles. The summed E-state index contributed by atoms with van der Waals surface area (Å²) in [6.07, 6.45) is 3.80. The van der Waals surface area contributed by atoms with Gasteiger partial charge in [-0.1, -0.05) is 41.7 Å². The van der Waals surface area contributed by atoms with Crippen molar-refractivity contribution in [1.29, 1.82) is 0 Å². The molecule has 0 saturated carbocycles. The van der Waals surface area contributed by atoms with Crippen LogP contribution >= 0.6 is 11.3 Å². The Kier molecular flexibility index (Phi) is 6.75. The average Bonchev–Trinajstić information content (AvgIpc) is 3.52. The summed E-state index contributed by atoms with van der Waals surface area (Å²) in [6, 6.07) is 13.4. The first kappa shape index (κ1) is 24.6. The molecule has 9 nitrogen and oxygen atoms in total. The zero-order valence-electron chi connectivity index (χ0n) is 20.5. The maximum atomic E-state index is 13.8. The highest BCUT2D eigenvalue weighted by atomic mass is 32.1. The molecule has 1 unspecified atom stereocenters. The maximum Gasteiger partial charge on any atom is 0.338 e. The molecule has 1 aromatic heterocycles. The maximum absolute atomic E-state index is 13.8. The second-order valence-electron chi connectivity index (χ2n) is 8.91. The zero-order chi connectivity index (χ0) is 26.1. The smallest absolute Gasteiger partial charge is 0.338 e. The summed E-state index contributed by atoms with van der Waals surface area (Å²) >= 11 is 1.21. The summed E-state index contributed by atoms with van der Waals surface area (Å²) in [5.74, 6) is -0.512. The average molecular weight is 519 g/mol. The topological polar surface area (TPSA) is 107 Å². The first-order chi connectivity index (χ1) is 17.9. The normalized spacial score (nSPS) is 17.5. The van der Waals surface area contributed by atoms with Crippen LogP contribution in [0, 0.1) is 10.1 Å². The van der Waals surface area contributed by atoms with Crippen molar-refractivity contribution in [2.45, 2.75) is 32.7 Å². The number of aromatic nitrogens is 1. The number of nitrogens with zero attached hydrogens (tertiary/aromatic N) is 4. The van der Waals surface area contributed by atoms with E-state index in [1.165, 1.54) is 28.0 Å². The highest BCUT2D eigenvalue weighted by molar-refractivity contribution is 7.07. The van der Waals surface area contributed by atoms with Gasteiger partial charge in [0.2, 0.25) is 0 Å². The predicted octanol–water partition coefficient (Wildman–Crippen LogP) is 3.31.